The Morgan fingerprint density at radius 1 is 1.14 bits per heavy atom. The Bertz CT molecular complexity index is 360. The van der Waals surface area contributed by atoms with Gasteiger partial charge in [0.25, 0.3) is 0 Å². The van der Waals surface area contributed by atoms with E-state index in [0.717, 1.165) is 11.5 Å². The quantitative estimate of drug-likeness (QED) is 0.621. The maximum absolute atomic E-state index is 5.76. The first-order valence-electron chi connectivity index (χ1n) is 4.43. The molecule has 0 N–H and O–H groups in total. The Labute approximate surface area is 89.9 Å². The normalized spacial score (nSPS) is 19.9. The first-order chi connectivity index (χ1) is 6.47. The fraction of sp³-hybridized carbons (Fsp3) is 0.400. The summed E-state index contributed by atoms with van der Waals surface area (Å²) in [6.45, 7) is 6.48. The van der Waals surface area contributed by atoms with Crippen molar-refractivity contribution in [1.29, 1.82) is 0 Å². The highest BCUT2D eigenvalue weighted by molar-refractivity contribution is 7.76. The van der Waals surface area contributed by atoms with Crippen molar-refractivity contribution in [2.45, 2.75) is 26.2 Å². The molecule has 14 heavy (non-hydrogen) atoms. The van der Waals surface area contributed by atoms with Crippen LogP contribution < -0.4 is 9.05 Å². The van der Waals surface area contributed by atoms with Crippen molar-refractivity contribution in [2.24, 2.45) is 0 Å². The lowest BCUT2D eigenvalue weighted by atomic mass is 9.87. The summed E-state index contributed by atoms with van der Waals surface area (Å²) in [6.07, 6.45) is 0. The van der Waals surface area contributed by atoms with Gasteiger partial charge in [-0.15, -0.1) is 0 Å². The Hall–Kier alpha value is -0.460. The number of halogens is 1. The van der Waals surface area contributed by atoms with Crippen LogP contribution in [0.15, 0.2) is 18.2 Å². The molecule has 0 spiro atoms. The molecule has 1 aromatic rings. The summed E-state index contributed by atoms with van der Waals surface area (Å²) in [5, 5.41) is 0. The molecular formula is C10H12ClO2P. The van der Waals surface area contributed by atoms with Crippen LogP contribution in [0, 0.1) is 0 Å². The van der Waals surface area contributed by atoms with E-state index in [-0.39, 0.29) is 5.41 Å². The van der Waals surface area contributed by atoms with Crippen molar-refractivity contribution in [1.82, 2.24) is 0 Å². The Morgan fingerprint density at radius 2 is 1.79 bits per heavy atom. The first-order valence-corrected chi connectivity index (χ1v) is 6.51. The highest BCUT2D eigenvalue weighted by Gasteiger charge is 2.26. The van der Waals surface area contributed by atoms with Gasteiger partial charge in [-0.05, 0) is 34.4 Å². The van der Waals surface area contributed by atoms with Crippen molar-refractivity contribution >= 4 is 19.0 Å². The van der Waals surface area contributed by atoms with Gasteiger partial charge in [0, 0.05) is 0 Å². The van der Waals surface area contributed by atoms with Crippen LogP contribution in [0.4, 0.5) is 0 Å². The van der Waals surface area contributed by atoms with Gasteiger partial charge in [-0.2, -0.15) is 0 Å². The zero-order valence-corrected chi connectivity index (χ0v) is 10.0. The Morgan fingerprint density at radius 3 is 2.43 bits per heavy atom. The summed E-state index contributed by atoms with van der Waals surface area (Å²) < 4.78 is 10.6. The molecule has 0 radical (unpaired) electrons. The van der Waals surface area contributed by atoms with E-state index in [1.165, 1.54) is 5.56 Å². The minimum Gasteiger partial charge on any atom is -0.423 e. The molecule has 0 fully saturated rings. The van der Waals surface area contributed by atoms with Crippen molar-refractivity contribution < 1.29 is 9.05 Å². The van der Waals surface area contributed by atoms with E-state index in [4.69, 9.17) is 20.3 Å². The standard InChI is InChI=1S/C10H12ClO2P/c1-10(2,3)7-4-5-8-9(6-7)13-14(11)12-8/h4-6H,1-3H3. The largest absolute Gasteiger partial charge is 0.423 e. The van der Waals surface area contributed by atoms with Gasteiger partial charge >= 0.3 is 7.73 Å². The van der Waals surface area contributed by atoms with E-state index in [1.54, 1.807) is 0 Å². The molecule has 0 aromatic heterocycles. The second-order valence-corrected chi connectivity index (χ2v) is 5.92. The minimum absolute atomic E-state index is 0.121. The van der Waals surface area contributed by atoms with Crippen LogP contribution in [0.5, 0.6) is 11.5 Å². The number of fused-ring (bicyclic) bond motifs is 1. The van der Waals surface area contributed by atoms with Crippen molar-refractivity contribution in [2.75, 3.05) is 0 Å². The van der Waals surface area contributed by atoms with E-state index >= 15 is 0 Å². The predicted molar refractivity (Wildman–Crippen MR) is 59.2 cm³/mol. The first kappa shape index (κ1) is 10.1. The molecule has 0 amide bonds. The zero-order valence-electron chi connectivity index (χ0n) is 8.37. The summed E-state index contributed by atoms with van der Waals surface area (Å²) >= 11 is 5.76. The van der Waals surface area contributed by atoms with E-state index < -0.39 is 7.73 Å². The van der Waals surface area contributed by atoms with Gasteiger partial charge in [-0.1, -0.05) is 26.8 Å². The molecule has 2 rings (SSSR count). The predicted octanol–water partition coefficient (Wildman–Crippen LogP) is 4.22. The summed E-state index contributed by atoms with van der Waals surface area (Å²) in [4.78, 5) is 0. The lowest BCUT2D eigenvalue weighted by Gasteiger charge is -2.18. The van der Waals surface area contributed by atoms with E-state index in [1.807, 2.05) is 18.2 Å². The lowest BCUT2D eigenvalue weighted by Crippen LogP contribution is -2.10. The summed E-state index contributed by atoms with van der Waals surface area (Å²) in [6, 6.07) is 5.97. The van der Waals surface area contributed by atoms with Gasteiger partial charge in [0.2, 0.25) is 0 Å². The summed E-state index contributed by atoms with van der Waals surface area (Å²) in [5.74, 6) is 1.51. The maximum Gasteiger partial charge on any atom is 0.401 e. The molecule has 1 aromatic carbocycles. The number of hydrogen-bond donors (Lipinski definition) is 0. The molecule has 76 valence electrons. The third kappa shape index (κ3) is 1.82. The minimum atomic E-state index is -1.27. The number of rotatable bonds is 0. The molecular weight excluding hydrogens is 219 g/mol. The van der Waals surface area contributed by atoms with Crippen LogP contribution >= 0.6 is 19.0 Å². The summed E-state index contributed by atoms with van der Waals surface area (Å²) in [5.41, 5.74) is 1.34. The molecule has 1 aliphatic heterocycles. The van der Waals surface area contributed by atoms with E-state index in [9.17, 15) is 0 Å². The molecule has 1 heterocycles. The van der Waals surface area contributed by atoms with Crippen LogP contribution in [-0.2, 0) is 5.41 Å². The van der Waals surface area contributed by atoms with Crippen molar-refractivity contribution in [3.63, 3.8) is 0 Å². The second-order valence-electron chi connectivity index (χ2n) is 4.31. The molecule has 2 nitrogen and oxygen atoms in total. The van der Waals surface area contributed by atoms with Gasteiger partial charge in [-0.25, -0.2) is 0 Å². The van der Waals surface area contributed by atoms with Crippen LogP contribution in [0.1, 0.15) is 26.3 Å². The molecule has 0 saturated heterocycles. The molecule has 1 aliphatic rings. The third-order valence-electron chi connectivity index (χ3n) is 2.15. The molecule has 4 heteroatoms. The van der Waals surface area contributed by atoms with Gasteiger partial charge in [0.05, 0.1) is 0 Å². The van der Waals surface area contributed by atoms with Crippen LogP contribution in [0.25, 0.3) is 0 Å². The molecule has 1 unspecified atom stereocenters. The molecule has 1 atom stereocenters. The Balaban J connectivity index is 2.38. The molecule has 0 saturated carbocycles. The van der Waals surface area contributed by atoms with Gasteiger partial charge in [0.15, 0.2) is 11.5 Å². The van der Waals surface area contributed by atoms with Crippen LogP contribution in [0.3, 0.4) is 0 Å². The summed E-state index contributed by atoms with van der Waals surface area (Å²) in [7, 11) is -1.27. The van der Waals surface area contributed by atoms with Crippen molar-refractivity contribution in [3.8, 4) is 11.5 Å². The monoisotopic (exact) mass is 230 g/mol. The van der Waals surface area contributed by atoms with Crippen LogP contribution in [0.2, 0.25) is 0 Å². The molecule has 0 aliphatic carbocycles. The maximum atomic E-state index is 5.76. The van der Waals surface area contributed by atoms with Crippen molar-refractivity contribution in [3.05, 3.63) is 23.8 Å². The molecule has 0 bridgehead atoms. The average molecular weight is 231 g/mol. The topological polar surface area (TPSA) is 18.5 Å². The van der Waals surface area contributed by atoms with Gasteiger partial charge in [0.1, 0.15) is 0 Å². The highest BCUT2D eigenvalue weighted by Crippen LogP contribution is 2.55. The zero-order chi connectivity index (χ0) is 10.3. The smallest absolute Gasteiger partial charge is 0.401 e. The fourth-order valence-corrected chi connectivity index (χ4v) is 2.38. The second kappa shape index (κ2) is 3.29. The third-order valence-corrected chi connectivity index (χ3v) is 3.24. The Kier molecular flexibility index (Phi) is 2.36. The fourth-order valence-electron chi connectivity index (χ4n) is 1.29. The lowest BCUT2D eigenvalue weighted by molar-refractivity contribution is 0.580. The van der Waals surface area contributed by atoms with E-state index in [0.29, 0.717) is 0 Å². The highest BCUT2D eigenvalue weighted by atomic mass is 35.7. The van der Waals surface area contributed by atoms with Gasteiger partial charge < -0.3 is 9.05 Å². The van der Waals surface area contributed by atoms with E-state index in [2.05, 4.69) is 20.8 Å². The number of hydrogen-bond acceptors (Lipinski definition) is 2. The van der Waals surface area contributed by atoms with Crippen LogP contribution in [-0.4, -0.2) is 0 Å². The van der Waals surface area contributed by atoms with Gasteiger partial charge in [-0.3, -0.25) is 0 Å². The SMILES string of the molecule is CC(C)(C)c1ccc2c(c1)OP(Cl)O2. The number of benzene rings is 1. The average Bonchev–Trinajstić information content (AvgIpc) is 2.41.